The Labute approximate surface area is 189 Å². The fourth-order valence-corrected chi connectivity index (χ4v) is 3.41. The summed E-state index contributed by atoms with van der Waals surface area (Å²) in [5.74, 6) is 1.31. The van der Waals surface area contributed by atoms with Gasteiger partial charge >= 0.3 is 0 Å². The average Bonchev–Trinajstić information content (AvgIpc) is 2.81. The van der Waals surface area contributed by atoms with Crippen LogP contribution in [-0.2, 0) is 11.3 Å². The summed E-state index contributed by atoms with van der Waals surface area (Å²) in [5, 5.41) is 6.23. The summed E-state index contributed by atoms with van der Waals surface area (Å²) in [6.07, 6.45) is 1.81. The largest absolute Gasteiger partial charge is 0.368 e. The van der Waals surface area contributed by atoms with E-state index in [9.17, 15) is 9.18 Å². The molecule has 0 radical (unpaired) electrons. The maximum Gasteiger partial charge on any atom is 0.241 e. The standard InChI is InChI=1S/C23H32FN7O/c1-4-25-23(28-17-22(32)29(2)3)27-16-18-9-10-26-21(15-18)31-13-11-30(12-14-31)20-7-5-19(24)6-8-20/h5-10,15H,4,11-14,16-17H2,1-3H3,(H2,25,27,28). The van der Waals surface area contributed by atoms with Crippen LogP contribution in [0.1, 0.15) is 12.5 Å². The van der Waals surface area contributed by atoms with E-state index in [1.807, 2.05) is 31.3 Å². The molecule has 8 nitrogen and oxygen atoms in total. The molecule has 3 rings (SSSR count). The van der Waals surface area contributed by atoms with Crippen LogP contribution in [0, 0.1) is 5.82 Å². The molecule has 1 aromatic carbocycles. The van der Waals surface area contributed by atoms with Crippen molar-refractivity contribution in [2.75, 3.05) is 63.2 Å². The first-order chi connectivity index (χ1) is 15.5. The number of anilines is 2. The summed E-state index contributed by atoms with van der Waals surface area (Å²) < 4.78 is 13.2. The summed E-state index contributed by atoms with van der Waals surface area (Å²) in [4.78, 5) is 27.0. The Morgan fingerprint density at radius 2 is 1.78 bits per heavy atom. The van der Waals surface area contributed by atoms with E-state index >= 15 is 0 Å². The SMILES string of the molecule is CCNC(=NCc1ccnc(N2CCN(c3ccc(F)cc3)CC2)c1)NCC(=O)N(C)C. The molecule has 1 aromatic heterocycles. The number of benzene rings is 1. The molecule has 0 unspecified atom stereocenters. The van der Waals surface area contributed by atoms with Crippen LogP contribution in [0.2, 0.25) is 0 Å². The lowest BCUT2D eigenvalue weighted by Gasteiger charge is -2.36. The molecule has 0 saturated carbocycles. The number of carbonyl (C=O) groups is 1. The zero-order chi connectivity index (χ0) is 22.9. The Balaban J connectivity index is 1.58. The summed E-state index contributed by atoms with van der Waals surface area (Å²) in [6, 6.07) is 10.7. The molecule has 0 aliphatic carbocycles. The second-order valence-electron chi connectivity index (χ2n) is 7.81. The molecule has 1 fully saturated rings. The summed E-state index contributed by atoms with van der Waals surface area (Å²) in [5.41, 5.74) is 2.09. The molecule has 1 aliphatic heterocycles. The minimum atomic E-state index is -0.215. The van der Waals surface area contributed by atoms with Gasteiger partial charge in [-0.15, -0.1) is 0 Å². The first-order valence-corrected chi connectivity index (χ1v) is 10.9. The average molecular weight is 442 g/mol. The number of likely N-dealkylation sites (N-methyl/N-ethyl adjacent to an activating group) is 1. The second-order valence-corrected chi connectivity index (χ2v) is 7.81. The minimum Gasteiger partial charge on any atom is -0.368 e. The Morgan fingerprint density at radius 3 is 2.44 bits per heavy atom. The van der Waals surface area contributed by atoms with Gasteiger partial charge in [-0.2, -0.15) is 0 Å². The quantitative estimate of drug-likeness (QED) is 0.503. The Kier molecular flexibility index (Phi) is 8.24. The number of carbonyl (C=O) groups excluding carboxylic acids is 1. The number of aliphatic imine (C=N–C) groups is 1. The van der Waals surface area contributed by atoms with Crippen LogP contribution >= 0.6 is 0 Å². The van der Waals surface area contributed by atoms with Crippen molar-refractivity contribution in [3.05, 3.63) is 54.0 Å². The maximum absolute atomic E-state index is 13.2. The van der Waals surface area contributed by atoms with Gasteiger partial charge in [-0.05, 0) is 48.9 Å². The normalized spacial score (nSPS) is 14.3. The highest BCUT2D eigenvalue weighted by Gasteiger charge is 2.18. The van der Waals surface area contributed by atoms with Crippen molar-refractivity contribution in [3.8, 4) is 0 Å². The summed E-state index contributed by atoms with van der Waals surface area (Å²) in [6.45, 7) is 6.76. The molecule has 9 heteroatoms. The van der Waals surface area contributed by atoms with Gasteiger partial charge in [-0.25, -0.2) is 14.4 Å². The number of amides is 1. The van der Waals surface area contributed by atoms with Crippen LogP contribution in [0.15, 0.2) is 47.6 Å². The van der Waals surface area contributed by atoms with Crippen molar-refractivity contribution in [3.63, 3.8) is 0 Å². The van der Waals surface area contributed by atoms with E-state index in [1.165, 1.54) is 12.1 Å². The van der Waals surface area contributed by atoms with Crippen LogP contribution in [0.3, 0.4) is 0 Å². The fraction of sp³-hybridized carbons (Fsp3) is 0.435. The highest BCUT2D eigenvalue weighted by molar-refractivity contribution is 5.86. The number of aromatic nitrogens is 1. The first kappa shape index (κ1) is 23.3. The van der Waals surface area contributed by atoms with Gasteiger partial charge in [-0.3, -0.25) is 4.79 Å². The predicted octanol–water partition coefficient (Wildman–Crippen LogP) is 1.69. The van der Waals surface area contributed by atoms with Crippen LogP contribution in [0.4, 0.5) is 15.9 Å². The number of rotatable bonds is 7. The van der Waals surface area contributed by atoms with Gasteiger partial charge in [0.2, 0.25) is 5.91 Å². The molecule has 1 saturated heterocycles. The first-order valence-electron chi connectivity index (χ1n) is 10.9. The van der Waals surface area contributed by atoms with E-state index in [0.717, 1.165) is 43.2 Å². The highest BCUT2D eigenvalue weighted by atomic mass is 19.1. The van der Waals surface area contributed by atoms with Crippen LogP contribution in [0.25, 0.3) is 0 Å². The van der Waals surface area contributed by atoms with Crippen molar-refractivity contribution in [2.24, 2.45) is 4.99 Å². The third-order valence-electron chi connectivity index (χ3n) is 5.28. The number of halogens is 1. The van der Waals surface area contributed by atoms with Crippen molar-refractivity contribution in [1.82, 2.24) is 20.5 Å². The third-order valence-corrected chi connectivity index (χ3v) is 5.28. The lowest BCUT2D eigenvalue weighted by atomic mass is 10.2. The zero-order valence-corrected chi connectivity index (χ0v) is 19.0. The van der Waals surface area contributed by atoms with Gasteiger partial charge < -0.3 is 25.3 Å². The number of hydrogen-bond acceptors (Lipinski definition) is 5. The Bertz CT molecular complexity index is 909. The third kappa shape index (κ3) is 6.57. The molecule has 2 aromatic rings. The molecule has 2 heterocycles. The number of guanidine groups is 1. The summed E-state index contributed by atoms with van der Waals surface area (Å²) >= 11 is 0. The van der Waals surface area contributed by atoms with Gasteiger partial charge in [0.25, 0.3) is 0 Å². The number of nitrogens with one attached hydrogen (secondary N) is 2. The van der Waals surface area contributed by atoms with Gasteiger partial charge in [0.1, 0.15) is 11.6 Å². The molecule has 0 atom stereocenters. The lowest BCUT2D eigenvalue weighted by molar-refractivity contribution is -0.127. The van der Waals surface area contributed by atoms with E-state index in [-0.39, 0.29) is 18.3 Å². The molecular formula is C23H32FN7O. The molecule has 32 heavy (non-hydrogen) atoms. The number of hydrogen-bond donors (Lipinski definition) is 2. The van der Waals surface area contributed by atoms with E-state index < -0.39 is 0 Å². The van der Waals surface area contributed by atoms with E-state index in [4.69, 9.17) is 0 Å². The fourth-order valence-electron chi connectivity index (χ4n) is 3.41. The van der Waals surface area contributed by atoms with Crippen LogP contribution in [0.5, 0.6) is 0 Å². The van der Waals surface area contributed by atoms with Crippen LogP contribution < -0.4 is 20.4 Å². The van der Waals surface area contributed by atoms with Crippen molar-refractivity contribution in [2.45, 2.75) is 13.5 Å². The Morgan fingerprint density at radius 1 is 1.09 bits per heavy atom. The van der Waals surface area contributed by atoms with Crippen molar-refractivity contribution >= 4 is 23.4 Å². The van der Waals surface area contributed by atoms with Gasteiger partial charge in [-0.1, -0.05) is 0 Å². The lowest BCUT2D eigenvalue weighted by Crippen LogP contribution is -2.46. The smallest absolute Gasteiger partial charge is 0.241 e. The van der Waals surface area contributed by atoms with Gasteiger partial charge in [0, 0.05) is 58.7 Å². The number of pyridine rings is 1. The molecule has 1 amide bonds. The maximum atomic E-state index is 13.2. The molecule has 172 valence electrons. The molecular weight excluding hydrogens is 409 g/mol. The number of nitrogens with zero attached hydrogens (tertiary/aromatic N) is 5. The molecule has 0 bridgehead atoms. The van der Waals surface area contributed by atoms with E-state index in [2.05, 4.69) is 36.5 Å². The Hall–Kier alpha value is -3.36. The monoisotopic (exact) mass is 441 g/mol. The molecule has 2 N–H and O–H groups in total. The van der Waals surface area contributed by atoms with E-state index in [0.29, 0.717) is 19.0 Å². The second kappa shape index (κ2) is 11.3. The predicted molar refractivity (Wildman–Crippen MR) is 127 cm³/mol. The van der Waals surface area contributed by atoms with E-state index in [1.54, 1.807) is 19.0 Å². The van der Waals surface area contributed by atoms with Gasteiger partial charge in [0.15, 0.2) is 5.96 Å². The minimum absolute atomic E-state index is 0.0124. The number of piperazine rings is 1. The highest BCUT2D eigenvalue weighted by Crippen LogP contribution is 2.20. The van der Waals surface area contributed by atoms with Crippen molar-refractivity contribution < 1.29 is 9.18 Å². The van der Waals surface area contributed by atoms with Crippen LogP contribution in [-0.4, -0.2) is 75.1 Å². The van der Waals surface area contributed by atoms with Crippen molar-refractivity contribution in [1.29, 1.82) is 0 Å². The zero-order valence-electron chi connectivity index (χ0n) is 19.0. The molecule has 1 aliphatic rings. The van der Waals surface area contributed by atoms with Gasteiger partial charge in [0.05, 0.1) is 13.1 Å². The summed E-state index contributed by atoms with van der Waals surface area (Å²) in [7, 11) is 3.46. The topological polar surface area (TPSA) is 76.1 Å². The molecule has 0 spiro atoms.